The minimum atomic E-state index is -0.0276. The predicted octanol–water partition coefficient (Wildman–Crippen LogP) is 3.04. The second-order valence-corrected chi connectivity index (χ2v) is 9.13. The number of hydrogen-bond acceptors (Lipinski definition) is 7. The molecule has 0 aliphatic carbocycles. The van der Waals surface area contributed by atoms with Crippen molar-refractivity contribution >= 4 is 17.7 Å². The maximum Gasteiger partial charge on any atom is 0.252 e. The largest absolute Gasteiger partial charge is 0.342 e. The van der Waals surface area contributed by atoms with Crippen molar-refractivity contribution in [2.45, 2.75) is 56.6 Å². The second-order valence-electron chi connectivity index (χ2n) is 7.90. The normalized spacial score (nSPS) is 18.9. The van der Waals surface area contributed by atoms with Crippen molar-refractivity contribution in [1.82, 2.24) is 24.8 Å². The van der Waals surface area contributed by atoms with E-state index in [1.807, 2.05) is 12.4 Å². The van der Waals surface area contributed by atoms with Crippen LogP contribution in [-0.2, 0) is 6.54 Å². The number of hydrogen-bond donors (Lipinski definition) is 1. The fourth-order valence-corrected chi connectivity index (χ4v) is 4.71. The number of aromatic amines is 1. The molecule has 2 aromatic rings. The van der Waals surface area contributed by atoms with Gasteiger partial charge in [0.15, 0.2) is 5.16 Å². The molecule has 0 atom stereocenters. The molecule has 156 valence electrons. The molecule has 0 spiro atoms. The standard InChI is InChI=1S/C21H30N6OS/c1-2-29-21-22-13-16(14-23-21)15-26-10-6-17(7-11-26)18-12-19(28)25-20(24-18)27-8-4-3-5-9-27/h12-14,17H,2-11,15H2,1H3,(H,24,25,28). The Kier molecular flexibility index (Phi) is 6.82. The summed E-state index contributed by atoms with van der Waals surface area (Å²) in [7, 11) is 0. The Bertz CT molecular complexity index is 841. The lowest BCUT2D eigenvalue weighted by atomic mass is 9.93. The van der Waals surface area contributed by atoms with Crippen LogP contribution in [0.15, 0.2) is 28.4 Å². The van der Waals surface area contributed by atoms with E-state index in [0.717, 1.165) is 73.7 Å². The molecule has 0 aromatic carbocycles. The SMILES string of the molecule is CCSc1ncc(CN2CCC(c3cc(=O)[nH]c(N4CCCCC4)n3)CC2)cn1. The van der Waals surface area contributed by atoms with Crippen LogP contribution in [-0.4, -0.2) is 56.8 Å². The third-order valence-corrected chi connectivity index (χ3v) is 6.53. The van der Waals surface area contributed by atoms with Crippen LogP contribution in [0.2, 0.25) is 0 Å². The maximum absolute atomic E-state index is 12.2. The zero-order valence-electron chi connectivity index (χ0n) is 17.1. The molecule has 0 saturated carbocycles. The summed E-state index contributed by atoms with van der Waals surface area (Å²) in [5.74, 6) is 2.11. The van der Waals surface area contributed by atoms with Crippen LogP contribution in [0.4, 0.5) is 5.95 Å². The van der Waals surface area contributed by atoms with Crippen molar-refractivity contribution in [2.75, 3.05) is 36.8 Å². The van der Waals surface area contributed by atoms with Crippen LogP contribution in [0.1, 0.15) is 56.2 Å². The quantitative estimate of drug-likeness (QED) is 0.575. The molecule has 0 unspecified atom stereocenters. The van der Waals surface area contributed by atoms with Gasteiger partial charge in [-0.15, -0.1) is 0 Å². The van der Waals surface area contributed by atoms with Gasteiger partial charge in [0.25, 0.3) is 5.56 Å². The third kappa shape index (κ3) is 5.36. The number of anilines is 1. The summed E-state index contributed by atoms with van der Waals surface area (Å²) in [6, 6.07) is 1.70. The Balaban J connectivity index is 1.35. The molecule has 2 aromatic heterocycles. The molecule has 4 rings (SSSR count). The van der Waals surface area contributed by atoms with E-state index in [1.54, 1.807) is 17.8 Å². The highest BCUT2D eigenvalue weighted by molar-refractivity contribution is 7.99. The number of thioether (sulfide) groups is 1. The first-order valence-corrected chi connectivity index (χ1v) is 11.7. The van der Waals surface area contributed by atoms with Gasteiger partial charge in [0, 0.05) is 49.6 Å². The third-order valence-electron chi connectivity index (χ3n) is 5.77. The molecular formula is C21H30N6OS. The van der Waals surface area contributed by atoms with Gasteiger partial charge < -0.3 is 4.90 Å². The fraction of sp³-hybridized carbons (Fsp3) is 0.619. The molecule has 7 nitrogen and oxygen atoms in total. The summed E-state index contributed by atoms with van der Waals surface area (Å²) in [6.45, 7) is 6.97. The molecular weight excluding hydrogens is 384 g/mol. The molecule has 2 aliphatic heterocycles. The minimum Gasteiger partial charge on any atom is -0.342 e. The summed E-state index contributed by atoms with van der Waals surface area (Å²) < 4.78 is 0. The molecule has 0 amide bonds. The molecule has 2 saturated heterocycles. The van der Waals surface area contributed by atoms with Gasteiger partial charge in [0.05, 0.1) is 5.69 Å². The van der Waals surface area contributed by atoms with Crippen molar-refractivity contribution in [3.8, 4) is 0 Å². The summed E-state index contributed by atoms with van der Waals surface area (Å²) in [6.07, 6.45) is 9.56. The molecule has 2 fully saturated rings. The Hall–Kier alpha value is -1.93. The van der Waals surface area contributed by atoms with E-state index < -0.39 is 0 Å². The summed E-state index contributed by atoms with van der Waals surface area (Å²) in [4.78, 5) is 33.6. The minimum absolute atomic E-state index is 0.0276. The predicted molar refractivity (Wildman–Crippen MR) is 117 cm³/mol. The van der Waals surface area contributed by atoms with E-state index in [2.05, 4.69) is 31.7 Å². The van der Waals surface area contributed by atoms with E-state index in [0.29, 0.717) is 5.92 Å². The van der Waals surface area contributed by atoms with E-state index in [-0.39, 0.29) is 5.56 Å². The van der Waals surface area contributed by atoms with Gasteiger partial charge in [-0.25, -0.2) is 15.0 Å². The lowest BCUT2D eigenvalue weighted by molar-refractivity contribution is 0.202. The van der Waals surface area contributed by atoms with Crippen molar-refractivity contribution in [3.63, 3.8) is 0 Å². The molecule has 0 bridgehead atoms. The molecule has 1 N–H and O–H groups in total. The first kappa shape index (κ1) is 20.3. The fourth-order valence-electron chi connectivity index (χ4n) is 4.20. The summed E-state index contributed by atoms with van der Waals surface area (Å²) in [5.41, 5.74) is 2.09. The smallest absolute Gasteiger partial charge is 0.252 e. The highest BCUT2D eigenvalue weighted by Gasteiger charge is 2.23. The van der Waals surface area contributed by atoms with Crippen LogP contribution >= 0.6 is 11.8 Å². The van der Waals surface area contributed by atoms with Gasteiger partial charge in [-0.1, -0.05) is 18.7 Å². The van der Waals surface area contributed by atoms with Crippen LogP contribution in [0.25, 0.3) is 0 Å². The number of aromatic nitrogens is 4. The second kappa shape index (κ2) is 9.71. The Morgan fingerprint density at radius 2 is 1.83 bits per heavy atom. The lowest BCUT2D eigenvalue weighted by Gasteiger charge is -2.32. The van der Waals surface area contributed by atoms with Gasteiger partial charge in [-0.05, 0) is 50.9 Å². The average Bonchev–Trinajstić information content (AvgIpc) is 2.76. The van der Waals surface area contributed by atoms with Crippen molar-refractivity contribution in [2.24, 2.45) is 0 Å². The highest BCUT2D eigenvalue weighted by Crippen LogP contribution is 2.28. The number of nitrogens with one attached hydrogen (secondary N) is 1. The van der Waals surface area contributed by atoms with E-state index >= 15 is 0 Å². The molecule has 2 aliphatic rings. The molecule has 8 heteroatoms. The molecule has 4 heterocycles. The van der Waals surface area contributed by atoms with E-state index in [4.69, 9.17) is 4.98 Å². The lowest BCUT2D eigenvalue weighted by Crippen LogP contribution is -2.35. The maximum atomic E-state index is 12.2. The van der Waals surface area contributed by atoms with Gasteiger partial charge >= 0.3 is 0 Å². The zero-order chi connectivity index (χ0) is 20.1. The topological polar surface area (TPSA) is 78.0 Å². The van der Waals surface area contributed by atoms with Crippen molar-refractivity contribution in [1.29, 1.82) is 0 Å². The number of rotatable bonds is 6. The first-order valence-electron chi connectivity index (χ1n) is 10.7. The summed E-state index contributed by atoms with van der Waals surface area (Å²) >= 11 is 1.67. The number of likely N-dealkylation sites (tertiary alicyclic amines) is 1. The van der Waals surface area contributed by atoms with Crippen LogP contribution in [0.3, 0.4) is 0 Å². The average molecular weight is 415 g/mol. The molecule has 0 radical (unpaired) electrons. The van der Waals surface area contributed by atoms with Gasteiger partial charge in [-0.2, -0.15) is 0 Å². The Labute approximate surface area is 176 Å². The monoisotopic (exact) mass is 414 g/mol. The Morgan fingerprint density at radius 1 is 1.10 bits per heavy atom. The van der Waals surface area contributed by atoms with Crippen molar-refractivity contribution in [3.05, 3.63) is 40.1 Å². The van der Waals surface area contributed by atoms with Crippen LogP contribution in [0.5, 0.6) is 0 Å². The van der Waals surface area contributed by atoms with E-state index in [1.165, 1.54) is 19.3 Å². The zero-order valence-corrected chi connectivity index (χ0v) is 18.0. The first-order chi connectivity index (χ1) is 14.2. The van der Waals surface area contributed by atoms with Crippen molar-refractivity contribution < 1.29 is 0 Å². The number of nitrogens with zero attached hydrogens (tertiary/aromatic N) is 5. The van der Waals surface area contributed by atoms with Gasteiger partial charge in [0.1, 0.15) is 0 Å². The van der Waals surface area contributed by atoms with Crippen LogP contribution < -0.4 is 10.5 Å². The van der Waals surface area contributed by atoms with Gasteiger partial charge in [-0.3, -0.25) is 14.7 Å². The number of H-pyrrole nitrogens is 1. The molecule has 29 heavy (non-hydrogen) atoms. The highest BCUT2D eigenvalue weighted by atomic mass is 32.2. The van der Waals surface area contributed by atoms with Gasteiger partial charge in [0.2, 0.25) is 5.95 Å². The van der Waals surface area contributed by atoms with Crippen LogP contribution in [0, 0.1) is 0 Å². The summed E-state index contributed by atoms with van der Waals surface area (Å²) in [5, 5.41) is 0.847. The van der Waals surface area contributed by atoms with E-state index in [9.17, 15) is 4.79 Å². The number of piperidine rings is 2. The Morgan fingerprint density at radius 3 is 2.52 bits per heavy atom.